The van der Waals surface area contributed by atoms with Crippen LogP contribution in [0.2, 0.25) is 0 Å². The van der Waals surface area contributed by atoms with Crippen molar-refractivity contribution in [3.05, 3.63) is 52.0 Å². The first-order chi connectivity index (χ1) is 11.3. The number of nitrogens with zero attached hydrogens (tertiary/aromatic N) is 2. The molecule has 0 aliphatic heterocycles. The number of aryl methyl sites for hydroxylation is 2. The van der Waals surface area contributed by atoms with E-state index in [1.807, 2.05) is 6.20 Å². The molecule has 24 heavy (non-hydrogen) atoms. The normalized spacial score (nSPS) is 11.0. The van der Waals surface area contributed by atoms with Crippen molar-refractivity contribution in [2.24, 2.45) is 4.99 Å². The van der Waals surface area contributed by atoms with Crippen LogP contribution in [-0.4, -0.2) is 30.6 Å². The highest BCUT2D eigenvalue weighted by Gasteiger charge is 2.00. The van der Waals surface area contributed by atoms with Gasteiger partial charge in [0.2, 0.25) is 0 Å². The molecular weight excluding hydrogens is 431 g/mol. The number of thiazole rings is 1. The van der Waals surface area contributed by atoms with Crippen LogP contribution in [0.4, 0.5) is 0 Å². The van der Waals surface area contributed by atoms with Crippen molar-refractivity contribution >= 4 is 41.3 Å². The molecule has 2 aromatic rings. The topological polar surface area (TPSA) is 49.3 Å². The zero-order chi connectivity index (χ0) is 16.3. The minimum atomic E-state index is 0. The number of aromatic nitrogens is 1. The van der Waals surface area contributed by atoms with Crippen LogP contribution in [0.3, 0.4) is 0 Å². The number of aliphatic imine (C=N–C) groups is 1. The van der Waals surface area contributed by atoms with Crippen LogP contribution in [0.1, 0.15) is 28.8 Å². The third kappa shape index (κ3) is 8.10. The van der Waals surface area contributed by atoms with E-state index in [1.165, 1.54) is 15.4 Å². The molecule has 1 aromatic heterocycles. The quantitative estimate of drug-likeness (QED) is 0.274. The van der Waals surface area contributed by atoms with Crippen molar-refractivity contribution in [3.63, 3.8) is 0 Å². The van der Waals surface area contributed by atoms with Gasteiger partial charge < -0.3 is 10.6 Å². The predicted molar refractivity (Wildman–Crippen MR) is 115 cm³/mol. The molecule has 1 aromatic carbocycles. The Bertz CT molecular complexity index is 598. The molecule has 0 radical (unpaired) electrons. The maximum Gasteiger partial charge on any atom is 0.191 e. The fourth-order valence-electron chi connectivity index (χ4n) is 2.27. The summed E-state index contributed by atoms with van der Waals surface area (Å²) in [6.45, 7) is 6.75. The van der Waals surface area contributed by atoms with Gasteiger partial charge in [0.1, 0.15) is 0 Å². The van der Waals surface area contributed by atoms with Gasteiger partial charge in [0.15, 0.2) is 5.96 Å². The molecule has 0 unspecified atom stereocenters. The van der Waals surface area contributed by atoms with Gasteiger partial charge in [0, 0.05) is 37.1 Å². The molecule has 0 bridgehead atoms. The van der Waals surface area contributed by atoms with Crippen LogP contribution in [0, 0.1) is 6.92 Å². The summed E-state index contributed by atoms with van der Waals surface area (Å²) in [6, 6.07) is 10.6. The first-order valence-electron chi connectivity index (χ1n) is 8.25. The van der Waals surface area contributed by atoms with E-state index in [4.69, 9.17) is 0 Å². The summed E-state index contributed by atoms with van der Waals surface area (Å²) in [5, 5.41) is 7.85. The molecule has 0 amide bonds. The summed E-state index contributed by atoms with van der Waals surface area (Å²) in [6.07, 6.45) is 5.00. The fraction of sp³-hybridized carbons (Fsp3) is 0.444. The Morgan fingerprint density at radius 3 is 2.62 bits per heavy atom. The second kappa shape index (κ2) is 12.2. The second-order valence-electron chi connectivity index (χ2n) is 5.39. The third-order valence-corrected chi connectivity index (χ3v) is 4.35. The van der Waals surface area contributed by atoms with Crippen molar-refractivity contribution < 1.29 is 0 Å². The number of halogens is 1. The maximum atomic E-state index is 4.64. The van der Waals surface area contributed by atoms with E-state index in [0.717, 1.165) is 44.9 Å². The molecule has 6 heteroatoms. The molecule has 0 saturated heterocycles. The third-order valence-electron chi connectivity index (χ3n) is 3.38. The van der Waals surface area contributed by atoms with Gasteiger partial charge in [-0.1, -0.05) is 30.3 Å². The van der Waals surface area contributed by atoms with Gasteiger partial charge in [0.25, 0.3) is 0 Å². The molecule has 0 atom stereocenters. The van der Waals surface area contributed by atoms with E-state index in [1.54, 1.807) is 11.3 Å². The lowest BCUT2D eigenvalue weighted by Crippen LogP contribution is -2.38. The SMILES string of the molecule is CCNC(=NCCCc1ccccc1)NCCc1ncc(C)s1.I. The highest BCUT2D eigenvalue weighted by Crippen LogP contribution is 2.10. The van der Waals surface area contributed by atoms with Crippen molar-refractivity contribution in [1.82, 2.24) is 15.6 Å². The van der Waals surface area contributed by atoms with Gasteiger partial charge in [-0.15, -0.1) is 35.3 Å². The highest BCUT2D eigenvalue weighted by atomic mass is 127. The zero-order valence-electron chi connectivity index (χ0n) is 14.4. The standard InChI is InChI=1S/C18H26N4S.HI/c1-3-19-18(21-13-11-17-22-14-15(2)23-17)20-12-7-10-16-8-5-4-6-9-16;/h4-6,8-9,14H,3,7,10-13H2,1-2H3,(H2,19,20,21);1H. The summed E-state index contributed by atoms with van der Waals surface area (Å²) in [7, 11) is 0. The summed E-state index contributed by atoms with van der Waals surface area (Å²) < 4.78 is 0. The number of rotatable bonds is 8. The van der Waals surface area contributed by atoms with Crippen LogP contribution in [0.5, 0.6) is 0 Å². The molecule has 0 aliphatic carbocycles. The smallest absolute Gasteiger partial charge is 0.191 e. The molecule has 2 N–H and O–H groups in total. The van der Waals surface area contributed by atoms with Gasteiger partial charge in [0.05, 0.1) is 5.01 Å². The van der Waals surface area contributed by atoms with Gasteiger partial charge in [-0.2, -0.15) is 0 Å². The summed E-state index contributed by atoms with van der Waals surface area (Å²) in [4.78, 5) is 10.3. The summed E-state index contributed by atoms with van der Waals surface area (Å²) >= 11 is 1.76. The van der Waals surface area contributed by atoms with Crippen molar-refractivity contribution in [3.8, 4) is 0 Å². The molecule has 0 aliphatic rings. The minimum Gasteiger partial charge on any atom is -0.357 e. The second-order valence-corrected chi connectivity index (χ2v) is 6.71. The lowest BCUT2D eigenvalue weighted by molar-refractivity contribution is 0.775. The number of benzene rings is 1. The Hall–Kier alpha value is -1.15. The Morgan fingerprint density at radius 2 is 1.96 bits per heavy atom. The fourth-order valence-corrected chi connectivity index (χ4v) is 3.05. The monoisotopic (exact) mass is 458 g/mol. The summed E-state index contributed by atoms with van der Waals surface area (Å²) in [5.41, 5.74) is 1.37. The average molecular weight is 458 g/mol. The largest absolute Gasteiger partial charge is 0.357 e. The lowest BCUT2D eigenvalue weighted by Gasteiger charge is -2.10. The van der Waals surface area contributed by atoms with E-state index >= 15 is 0 Å². The van der Waals surface area contributed by atoms with Crippen molar-refractivity contribution in [1.29, 1.82) is 0 Å². The van der Waals surface area contributed by atoms with E-state index in [-0.39, 0.29) is 24.0 Å². The van der Waals surface area contributed by atoms with Gasteiger partial charge in [-0.05, 0) is 32.3 Å². The Kier molecular flexibility index (Phi) is 10.7. The first kappa shape index (κ1) is 20.9. The van der Waals surface area contributed by atoms with Gasteiger partial charge >= 0.3 is 0 Å². The molecule has 2 rings (SSSR count). The van der Waals surface area contributed by atoms with Crippen LogP contribution in [0.15, 0.2) is 41.5 Å². The van der Waals surface area contributed by atoms with Crippen LogP contribution >= 0.6 is 35.3 Å². The number of hydrogen-bond donors (Lipinski definition) is 2. The molecular formula is C18H27IN4S. The van der Waals surface area contributed by atoms with E-state index in [0.29, 0.717) is 0 Å². The lowest BCUT2D eigenvalue weighted by atomic mass is 10.1. The van der Waals surface area contributed by atoms with Crippen LogP contribution < -0.4 is 10.6 Å². The average Bonchev–Trinajstić information content (AvgIpc) is 2.98. The molecule has 4 nitrogen and oxygen atoms in total. The van der Waals surface area contributed by atoms with Crippen LogP contribution in [-0.2, 0) is 12.8 Å². The number of nitrogens with one attached hydrogen (secondary N) is 2. The van der Waals surface area contributed by atoms with Gasteiger partial charge in [-0.25, -0.2) is 4.98 Å². The number of guanidine groups is 1. The Morgan fingerprint density at radius 1 is 1.17 bits per heavy atom. The molecule has 0 fully saturated rings. The predicted octanol–water partition coefficient (Wildman–Crippen LogP) is 3.80. The Labute approximate surface area is 166 Å². The molecule has 0 saturated carbocycles. The number of hydrogen-bond acceptors (Lipinski definition) is 3. The highest BCUT2D eigenvalue weighted by molar-refractivity contribution is 14.0. The summed E-state index contributed by atoms with van der Waals surface area (Å²) in [5.74, 6) is 0.897. The van der Waals surface area contributed by atoms with E-state index < -0.39 is 0 Å². The molecule has 132 valence electrons. The molecule has 1 heterocycles. The van der Waals surface area contributed by atoms with Crippen LogP contribution in [0.25, 0.3) is 0 Å². The first-order valence-corrected chi connectivity index (χ1v) is 9.07. The van der Waals surface area contributed by atoms with E-state index in [9.17, 15) is 0 Å². The van der Waals surface area contributed by atoms with Crippen molar-refractivity contribution in [2.45, 2.75) is 33.1 Å². The van der Waals surface area contributed by atoms with E-state index in [2.05, 4.69) is 64.8 Å². The van der Waals surface area contributed by atoms with Gasteiger partial charge in [-0.3, -0.25) is 4.99 Å². The minimum absolute atomic E-state index is 0. The molecule has 0 spiro atoms. The maximum absolute atomic E-state index is 4.64. The zero-order valence-corrected chi connectivity index (χ0v) is 17.6. The van der Waals surface area contributed by atoms with Crippen molar-refractivity contribution in [2.75, 3.05) is 19.6 Å². The Balaban J connectivity index is 0.00000288.